The molecule has 1 aromatic carbocycles. The summed E-state index contributed by atoms with van der Waals surface area (Å²) in [4.78, 5) is 30.4. The lowest BCUT2D eigenvalue weighted by Crippen LogP contribution is -2.49. The minimum atomic E-state index is -3.16. The molecule has 0 bridgehead atoms. The minimum Gasteiger partial charge on any atom is -0.328 e. The molecule has 0 unspecified atom stereocenters. The lowest BCUT2D eigenvalue weighted by molar-refractivity contribution is -0.117. The highest BCUT2D eigenvalue weighted by atomic mass is 79.9. The van der Waals surface area contributed by atoms with E-state index >= 15 is 0 Å². The number of rotatable bonds is 3. The van der Waals surface area contributed by atoms with Crippen LogP contribution in [0.5, 0.6) is 0 Å². The molecule has 30 heavy (non-hydrogen) atoms. The van der Waals surface area contributed by atoms with Gasteiger partial charge in [0.1, 0.15) is 12.4 Å². The van der Waals surface area contributed by atoms with Gasteiger partial charge < -0.3 is 4.90 Å². The quantitative estimate of drug-likeness (QED) is 0.626. The number of alkyl halides is 2. The number of amides is 2. The van der Waals surface area contributed by atoms with Gasteiger partial charge in [-0.25, -0.2) is 17.7 Å². The van der Waals surface area contributed by atoms with Gasteiger partial charge in [-0.1, -0.05) is 6.07 Å². The van der Waals surface area contributed by atoms with Crippen molar-refractivity contribution in [2.24, 2.45) is 0 Å². The molecule has 2 amide bonds. The molecule has 3 heterocycles. The van der Waals surface area contributed by atoms with E-state index in [9.17, 15) is 22.8 Å². The molecule has 1 N–H and O–H groups in total. The molecule has 0 radical (unpaired) electrons. The molecule has 3 aromatic rings. The fraction of sp³-hybridized carbons (Fsp3) is 0.263. The molecule has 154 valence electrons. The van der Waals surface area contributed by atoms with Gasteiger partial charge in [0.2, 0.25) is 11.9 Å². The van der Waals surface area contributed by atoms with Crippen molar-refractivity contribution in [2.45, 2.75) is 17.8 Å². The molecular formula is C19H13BrF3N5O2. The molecule has 2 aromatic heterocycles. The first-order chi connectivity index (χ1) is 14.2. The summed E-state index contributed by atoms with van der Waals surface area (Å²) in [6.45, 7) is -0.936. The second kappa shape index (κ2) is 6.27. The van der Waals surface area contributed by atoms with Crippen molar-refractivity contribution in [1.82, 2.24) is 19.5 Å². The van der Waals surface area contributed by atoms with E-state index in [-0.39, 0.29) is 21.5 Å². The zero-order valence-corrected chi connectivity index (χ0v) is 16.8. The van der Waals surface area contributed by atoms with Gasteiger partial charge in [0.25, 0.3) is 11.8 Å². The molecule has 1 saturated carbocycles. The molecule has 2 aliphatic rings. The molecule has 1 aliphatic heterocycles. The topological polar surface area (TPSA) is 79.6 Å². The number of aromatic nitrogens is 3. The highest BCUT2D eigenvalue weighted by molar-refractivity contribution is 9.10. The van der Waals surface area contributed by atoms with Crippen molar-refractivity contribution in [3.05, 3.63) is 57.9 Å². The number of hydrogen-bond donors (Lipinski definition) is 1. The number of halogens is 4. The van der Waals surface area contributed by atoms with Crippen LogP contribution in [0.15, 0.2) is 41.0 Å². The maximum atomic E-state index is 14.7. The SMILES string of the molecule is O=C(CN1C[C@]2(CC2(F)F)c2c(ccc(Br)c2F)C1=O)Nc1nc2ccccn2n1. The van der Waals surface area contributed by atoms with Gasteiger partial charge in [-0.3, -0.25) is 14.9 Å². The highest BCUT2D eigenvalue weighted by Crippen LogP contribution is 2.64. The maximum Gasteiger partial charge on any atom is 0.260 e. The molecule has 11 heteroatoms. The summed E-state index contributed by atoms with van der Waals surface area (Å²) in [5.74, 6) is -5.32. The van der Waals surface area contributed by atoms with Crippen molar-refractivity contribution in [2.75, 3.05) is 18.4 Å². The monoisotopic (exact) mass is 479 g/mol. The summed E-state index contributed by atoms with van der Waals surface area (Å²) in [7, 11) is 0. The number of carbonyl (C=O) groups is 2. The molecule has 7 nitrogen and oxygen atoms in total. The van der Waals surface area contributed by atoms with E-state index in [1.807, 2.05) is 0 Å². The minimum absolute atomic E-state index is 0.0141. The van der Waals surface area contributed by atoms with Crippen LogP contribution in [-0.2, 0) is 10.2 Å². The van der Waals surface area contributed by atoms with E-state index in [1.54, 1.807) is 24.4 Å². The zero-order valence-electron chi connectivity index (χ0n) is 15.2. The molecule has 1 spiro atoms. The van der Waals surface area contributed by atoms with Gasteiger partial charge in [-0.15, -0.1) is 5.10 Å². The Morgan fingerprint density at radius 1 is 1.27 bits per heavy atom. The van der Waals surface area contributed by atoms with Gasteiger partial charge in [0, 0.05) is 30.3 Å². The number of nitrogens with zero attached hydrogens (tertiary/aromatic N) is 4. The van der Waals surface area contributed by atoms with Crippen LogP contribution in [0.4, 0.5) is 19.1 Å². The van der Waals surface area contributed by atoms with Crippen molar-refractivity contribution in [3.63, 3.8) is 0 Å². The van der Waals surface area contributed by atoms with Gasteiger partial charge in [0.15, 0.2) is 5.65 Å². The molecular weight excluding hydrogens is 467 g/mol. The lowest BCUT2D eigenvalue weighted by Gasteiger charge is -2.34. The number of nitrogens with one attached hydrogen (secondary N) is 1. The van der Waals surface area contributed by atoms with Crippen LogP contribution in [0.3, 0.4) is 0 Å². The predicted molar refractivity (Wildman–Crippen MR) is 103 cm³/mol. The van der Waals surface area contributed by atoms with Gasteiger partial charge in [-0.05, 0) is 40.2 Å². The smallest absolute Gasteiger partial charge is 0.260 e. The van der Waals surface area contributed by atoms with Crippen LogP contribution >= 0.6 is 15.9 Å². The van der Waals surface area contributed by atoms with Crippen molar-refractivity contribution in [1.29, 1.82) is 0 Å². The Morgan fingerprint density at radius 2 is 2.03 bits per heavy atom. The Hall–Kier alpha value is -2.95. The van der Waals surface area contributed by atoms with E-state index in [0.29, 0.717) is 5.65 Å². The Labute approximate surface area is 176 Å². The highest BCUT2D eigenvalue weighted by Gasteiger charge is 2.75. The van der Waals surface area contributed by atoms with Gasteiger partial charge in [0.05, 0.1) is 9.89 Å². The average molecular weight is 480 g/mol. The number of hydrogen-bond acceptors (Lipinski definition) is 4. The van der Waals surface area contributed by atoms with Crippen molar-refractivity contribution >= 4 is 39.3 Å². The maximum absolute atomic E-state index is 14.7. The fourth-order valence-corrected chi connectivity index (χ4v) is 4.30. The summed E-state index contributed by atoms with van der Waals surface area (Å²) >= 11 is 2.99. The third-order valence-electron chi connectivity index (χ3n) is 5.48. The van der Waals surface area contributed by atoms with Crippen LogP contribution in [0.2, 0.25) is 0 Å². The Balaban J connectivity index is 1.42. The second-order valence-corrected chi connectivity index (χ2v) is 8.25. The first-order valence-corrected chi connectivity index (χ1v) is 9.78. The standard InChI is InChI=1S/C19H13BrF3N5O2/c20-11-5-4-10-14(15(11)21)18(8-19(18,22)23)9-27(16(10)30)7-13(29)25-17-24-12-3-1-2-6-28(12)26-17/h1-6H,7-9H2,(H,25,26,29)/t18-/m1/s1. The normalized spacial score (nSPS) is 21.7. The van der Waals surface area contributed by atoms with Gasteiger partial charge in [-0.2, -0.15) is 4.98 Å². The first kappa shape index (κ1) is 19.0. The van der Waals surface area contributed by atoms with E-state index in [4.69, 9.17) is 0 Å². The van der Waals surface area contributed by atoms with E-state index in [2.05, 4.69) is 31.3 Å². The summed E-state index contributed by atoms with van der Waals surface area (Å²) in [6, 6.07) is 7.79. The zero-order chi connectivity index (χ0) is 21.3. The van der Waals surface area contributed by atoms with Crippen LogP contribution in [-0.4, -0.2) is 50.3 Å². The van der Waals surface area contributed by atoms with Crippen LogP contribution < -0.4 is 5.32 Å². The summed E-state index contributed by atoms with van der Waals surface area (Å²) < 4.78 is 44.8. The summed E-state index contributed by atoms with van der Waals surface area (Å²) in [6.07, 6.45) is 1.06. The molecule has 0 saturated heterocycles. The van der Waals surface area contributed by atoms with Gasteiger partial charge >= 0.3 is 0 Å². The first-order valence-electron chi connectivity index (χ1n) is 8.99. The van der Waals surface area contributed by atoms with Crippen molar-refractivity contribution in [3.8, 4) is 0 Å². The van der Waals surface area contributed by atoms with Crippen LogP contribution in [0, 0.1) is 5.82 Å². The predicted octanol–water partition coefficient (Wildman–Crippen LogP) is 3.00. The van der Waals surface area contributed by atoms with E-state index < -0.39 is 48.5 Å². The Kier molecular flexibility index (Phi) is 3.98. The largest absolute Gasteiger partial charge is 0.328 e. The lowest BCUT2D eigenvalue weighted by atomic mass is 9.85. The number of carbonyl (C=O) groups excluding carboxylic acids is 2. The summed E-state index contributed by atoms with van der Waals surface area (Å²) in [5.41, 5.74) is -1.76. The van der Waals surface area contributed by atoms with E-state index in [0.717, 1.165) is 4.90 Å². The molecule has 1 aliphatic carbocycles. The van der Waals surface area contributed by atoms with Crippen molar-refractivity contribution < 1.29 is 22.8 Å². The number of anilines is 1. The third kappa shape index (κ3) is 2.72. The van der Waals surface area contributed by atoms with Crippen LogP contribution in [0.25, 0.3) is 5.65 Å². The fourth-order valence-electron chi connectivity index (χ4n) is 3.97. The Morgan fingerprint density at radius 3 is 2.73 bits per heavy atom. The number of benzene rings is 1. The number of fused-ring (bicyclic) bond motifs is 3. The second-order valence-electron chi connectivity index (χ2n) is 7.40. The number of pyridine rings is 1. The summed E-state index contributed by atoms with van der Waals surface area (Å²) in [5, 5.41) is 6.55. The van der Waals surface area contributed by atoms with E-state index in [1.165, 1.54) is 16.6 Å². The third-order valence-corrected chi connectivity index (χ3v) is 6.09. The average Bonchev–Trinajstić information content (AvgIpc) is 3.03. The molecule has 1 fully saturated rings. The molecule has 5 rings (SSSR count). The van der Waals surface area contributed by atoms with Crippen LogP contribution in [0.1, 0.15) is 22.3 Å². The molecule has 1 atom stereocenters. The Bertz CT molecular complexity index is 1200.